The normalized spacial score (nSPS) is 10.3. The highest BCUT2D eigenvalue weighted by Crippen LogP contribution is 2.15. The SMILES string of the molecule is Nc1ccc(C(=O)Cc2ccccc2F)cc1F. The van der Waals surface area contributed by atoms with Crippen LogP contribution in [0.15, 0.2) is 42.5 Å². The molecule has 0 aliphatic carbocycles. The van der Waals surface area contributed by atoms with Gasteiger partial charge in [-0.15, -0.1) is 0 Å². The van der Waals surface area contributed by atoms with Crippen molar-refractivity contribution < 1.29 is 13.6 Å². The van der Waals surface area contributed by atoms with Crippen LogP contribution in [0, 0.1) is 11.6 Å². The maximum absolute atomic E-state index is 13.4. The zero-order valence-corrected chi connectivity index (χ0v) is 9.49. The minimum Gasteiger partial charge on any atom is -0.396 e. The number of nitrogen functional groups attached to an aromatic ring is 1. The number of benzene rings is 2. The lowest BCUT2D eigenvalue weighted by Crippen LogP contribution is -2.06. The molecule has 0 atom stereocenters. The number of ketones is 1. The predicted octanol–water partition coefficient (Wildman–Crippen LogP) is 2.97. The first kappa shape index (κ1) is 12.2. The van der Waals surface area contributed by atoms with Gasteiger partial charge in [0.2, 0.25) is 0 Å². The summed E-state index contributed by atoms with van der Waals surface area (Å²) in [6.07, 6.45) is -0.101. The quantitative estimate of drug-likeness (QED) is 0.669. The highest BCUT2D eigenvalue weighted by Gasteiger charge is 2.11. The minimum atomic E-state index is -0.644. The molecule has 0 aliphatic rings. The molecule has 0 aromatic heterocycles. The molecule has 0 radical (unpaired) electrons. The fraction of sp³-hybridized carbons (Fsp3) is 0.0714. The average molecular weight is 247 g/mol. The molecule has 4 heteroatoms. The summed E-state index contributed by atoms with van der Waals surface area (Å²) in [6, 6.07) is 9.83. The molecule has 18 heavy (non-hydrogen) atoms. The van der Waals surface area contributed by atoms with E-state index >= 15 is 0 Å². The Bertz CT molecular complexity index is 596. The molecular formula is C14H11F2NO. The van der Waals surface area contributed by atoms with Gasteiger partial charge in [0, 0.05) is 12.0 Å². The third-order valence-electron chi connectivity index (χ3n) is 2.63. The molecule has 2 rings (SSSR count). The smallest absolute Gasteiger partial charge is 0.167 e. The van der Waals surface area contributed by atoms with E-state index in [1.54, 1.807) is 12.1 Å². The molecule has 0 heterocycles. The van der Waals surface area contributed by atoms with Gasteiger partial charge in [0.05, 0.1) is 5.69 Å². The van der Waals surface area contributed by atoms with Crippen LogP contribution in [0.5, 0.6) is 0 Å². The Morgan fingerprint density at radius 2 is 1.78 bits per heavy atom. The van der Waals surface area contributed by atoms with Crippen molar-refractivity contribution in [1.82, 2.24) is 0 Å². The van der Waals surface area contributed by atoms with Gasteiger partial charge in [-0.3, -0.25) is 4.79 Å². The van der Waals surface area contributed by atoms with Crippen LogP contribution in [0.25, 0.3) is 0 Å². The summed E-state index contributed by atoms with van der Waals surface area (Å²) in [7, 11) is 0. The zero-order valence-electron chi connectivity index (χ0n) is 9.49. The van der Waals surface area contributed by atoms with Gasteiger partial charge in [0.15, 0.2) is 5.78 Å². The number of halogens is 2. The maximum Gasteiger partial charge on any atom is 0.167 e. The lowest BCUT2D eigenvalue weighted by Gasteiger charge is -2.04. The predicted molar refractivity (Wildman–Crippen MR) is 65.2 cm³/mol. The Labute approximate surface area is 103 Å². The van der Waals surface area contributed by atoms with Crippen molar-refractivity contribution in [3.8, 4) is 0 Å². The minimum absolute atomic E-state index is 0.0163. The molecule has 0 amide bonds. The summed E-state index contributed by atoms with van der Waals surface area (Å²) in [5, 5.41) is 0. The van der Waals surface area contributed by atoms with Crippen LogP contribution in [0.4, 0.5) is 14.5 Å². The summed E-state index contributed by atoms with van der Waals surface area (Å²) in [5.74, 6) is -1.44. The van der Waals surface area contributed by atoms with Crippen LogP contribution in [-0.4, -0.2) is 5.78 Å². The van der Waals surface area contributed by atoms with Crippen molar-refractivity contribution in [1.29, 1.82) is 0 Å². The van der Waals surface area contributed by atoms with Gasteiger partial charge in [-0.2, -0.15) is 0 Å². The first-order chi connectivity index (χ1) is 8.58. The van der Waals surface area contributed by atoms with Crippen molar-refractivity contribution in [2.24, 2.45) is 0 Å². The van der Waals surface area contributed by atoms with Gasteiger partial charge >= 0.3 is 0 Å². The molecule has 2 aromatic rings. The fourth-order valence-corrected chi connectivity index (χ4v) is 1.62. The van der Waals surface area contributed by atoms with Crippen molar-refractivity contribution in [2.45, 2.75) is 6.42 Å². The molecule has 0 bridgehead atoms. The lowest BCUT2D eigenvalue weighted by atomic mass is 10.0. The molecular weight excluding hydrogens is 236 g/mol. The van der Waals surface area contributed by atoms with E-state index in [4.69, 9.17) is 5.73 Å². The number of nitrogens with two attached hydrogens (primary N) is 1. The summed E-state index contributed by atoms with van der Waals surface area (Å²) in [4.78, 5) is 11.9. The van der Waals surface area contributed by atoms with Gasteiger partial charge in [-0.25, -0.2) is 8.78 Å². The van der Waals surface area contributed by atoms with Crippen LogP contribution >= 0.6 is 0 Å². The second-order valence-electron chi connectivity index (χ2n) is 3.93. The van der Waals surface area contributed by atoms with Crippen LogP contribution in [0.2, 0.25) is 0 Å². The largest absolute Gasteiger partial charge is 0.396 e. The van der Waals surface area contributed by atoms with Crippen LogP contribution in [0.1, 0.15) is 15.9 Å². The molecule has 0 spiro atoms. The highest BCUT2D eigenvalue weighted by molar-refractivity contribution is 5.97. The number of carbonyl (C=O) groups excluding carboxylic acids is 1. The van der Waals surface area contributed by atoms with E-state index in [1.807, 2.05) is 0 Å². The van der Waals surface area contributed by atoms with E-state index in [9.17, 15) is 13.6 Å². The third-order valence-corrected chi connectivity index (χ3v) is 2.63. The van der Waals surface area contributed by atoms with Crippen LogP contribution in [0.3, 0.4) is 0 Å². The lowest BCUT2D eigenvalue weighted by molar-refractivity contribution is 0.0991. The van der Waals surface area contributed by atoms with Gasteiger partial charge in [0.25, 0.3) is 0 Å². The highest BCUT2D eigenvalue weighted by atomic mass is 19.1. The molecule has 0 fully saturated rings. The van der Waals surface area contributed by atoms with E-state index < -0.39 is 11.6 Å². The van der Waals surface area contributed by atoms with E-state index in [0.29, 0.717) is 5.56 Å². The maximum atomic E-state index is 13.4. The van der Waals surface area contributed by atoms with Crippen molar-refractivity contribution in [3.05, 3.63) is 65.2 Å². The van der Waals surface area contributed by atoms with Gasteiger partial charge in [-0.1, -0.05) is 18.2 Å². The summed E-state index contributed by atoms with van der Waals surface area (Å²) in [5.41, 5.74) is 5.78. The average Bonchev–Trinajstić information content (AvgIpc) is 2.35. The molecule has 0 saturated heterocycles. The molecule has 0 unspecified atom stereocenters. The zero-order chi connectivity index (χ0) is 13.1. The molecule has 2 aromatic carbocycles. The Balaban J connectivity index is 2.22. The third kappa shape index (κ3) is 2.53. The summed E-state index contributed by atoms with van der Waals surface area (Å²) < 4.78 is 26.6. The molecule has 2 N–H and O–H groups in total. The summed E-state index contributed by atoms with van der Waals surface area (Å²) in [6.45, 7) is 0. The fourth-order valence-electron chi connectivity index (χ4n) is 1.62. The molecule has 92 valence electrons. The van der Waals surface area contributed by atoms with E-state index in [2.05, 4.69) is 0 Å². The van der Waals surface area contributed by atoms with E-state index in [-0.39, 0.29) is 23.5 Å². The van der Waals surface area contributed by atoms with Gasteiger partial charge in [0.1, 0.15) is 11.6 Å². The van der Waals surface area contributed by atoms with Gasteiger partial charge in [-0.05, 0) is 29.8 Å². The van der Waals surface area contributed by atoms with Crippen molar-refractivity contribution in [3.63, 3.8) is 0 Å². The topological polar surface area (TPSA) is 43.1 Å². The number of hydrogen-bond donors (Lipinski definition) is 1. The molecule has 0 aliphatic heterocycles. The Hall–Kier alpha value is -2.23. The van der Waals surface area contributed by atoms with Gasteiger partial charge < -0.3 is 5.73 Å². The second-order valence-corrected chi connectivity index (χ2v) is 3.93. The Morgan fingerprint density at radius 1 is 1.06 bits per heavy atom. The van der Waals surface area contributed by atoms with E-state index in [1.165, 1.54) is 24.3 Å². The first-order valence-corrected chi connectivity index (χ1v) is 5.39. The Morgan fingerprint density at radius 3 is 2.44 bits per heavy atom. The monoisotopic (exact) mass is 247 g/mol. The first-order valence-electron chi connectivity index (χ1n) is 5.39. The van der Waals surface area contributed by atoms with Crippen LogP contribution in [-0.2, 0) is 6.42 Å². The standard InChI is InChI=1S/C14H11F2NO/c15-11-4-2-1-3-9(11)8-14(18)10-5-6-13(17)12(16)7-10/h1-7H,8,17H2. The number of carbonyl (C=O) groups is 1. The van der Waals surface area contributed by atoms with Crippen molar-refractivity contribution >= 4 is 11.5 Å². The Kier molecular flexibility index (Phi) is 3.37. The molecule has 0 saturated carbocycles. The second kappa shape index (κ2) is 4.96. The number of hydrogen-bond acceptors (Lipinski definition) is 2. The van der Waals surface area contributed by atoms with Crippen LogP contribution < -0.4 is 5.73 Å². The molecule has 2 nitrogen and oxygen atoms in total. The van der Waals surface area contributed by atoms with Crippen molar-refractivity contribution in [2.75, 3.05) is 5.73 Å². The van der Waals surface area contributed by atoms with E-state index in [0.717, 1.165) is 6.07 Å². The summed E-state index contributed by atoms with van der Waals surface area (Å²) >= 11 is 0. The number of Topliss-reactive ketones (excluding diaryl/α,β-unsaturated/α-hetero) is 1. The number of anilines is 1. The number of rotatable bonds is 3.